The van der Waals surface area contributed by atoms with Gasteiger partial charge in [-0.25, -0.2) is 0 Å². The van der Waals surface area contributed by atoms with Crippen molar-refractivity contribution in [2.45, 2.75) is 84.6 Å². The SMILES string of the molecule is CCC(=O)NCCOCCOCC(=O)NCCCC[C@H](CCC(=O)[C@H](C)NC(=O)CC1=CN=CC1)C(=O)CC. The molecule has 1 aliphatic rings. The normalized spacial score (nSPS) is 13.9. The highest BCUT2D eigenvalue weighted by Crippen LogP contribution is 2.19. The summed E-state index contributed by atoms with van der Waals surface area (Å²) in [7, 11) is 0. The van der Waals surface area contributed by atoms with Crippen LogP contribution < -0.4 is 16.0 Å². The summed E-state index contributed by atoms with van der Waals surface area (Å²) in [6.45, 7) is 7.14. The van der Waals surface area contributed by atoms with E-state index < -0.39 is 6.04 Å². The Morgan fingerprint density at radius 3 is 2.31 bits per heavy atom. The fraction of sp³-hybridized carbons (Fsp3) is 0.714. The van der Waals surface area contributed by atoms with E-state index in [1.807, 2.05) is 6.92 Å². The van der Waals surface area contributed by atoms with Crippen molar-refractivity contribution in [3.8, 4) is 0 Å². The average molecular weight is 551 g/mol. The van der Waals surface area contributed by atoms with E-state index in [9.17, 15) is 24.0 Å². The molecule has 39 heavy (non-hydrogen) atoms. The summed E-state index contributed by atoms with van der Waals surface area (Å²) in [6.07, 6.45) is 7.95. The molecule has 0 saturated carbocycles. The van der Waals surface area contributed by atoms with Crippen LogP contribution >= 0.6 is 0 Å². The van der Waals surface area contributed by atoms with E-state index in [-0.39, 0.29) is 61.3 Å². The molecule has 1 rings (SSSR count). The number of amides is 3. The molecule has 1 aliphatic heterocycles. The van der Waals surface area contributed by atoms with Crippen LogP contribution in [0.2, 0.25) is 0 Å². The van der Waals surface area contributed by atoms with Gasteiger partial charge in [0.1, 0.15) is 12.4 Å². The summed E-state index contributed by atoms with van der Waals surface area (Å²) in [6, 6.07) is -0.602. The molecule has 0 aromatic rings. The number of aliphatic imine (C=N–C) groups is 1. The lowest BCUT2D eigenvalue weighted by Gasteiger charge is -2.17. The van der Waals surface area contributed by atoms with Crippen LogP contribution in [-0.4, -0.2) is 81.1 Å². The van der Waals surface area contributed by atoms with Crippen molar-refractivity contribution < 1.29 is 33.4 Å². The fourth-order valence-corrected chi connectivity index (χ4v) is 3.93. The number of nitrogens with one attached hydrogen (secondary N) is 3. The Balaban J connectivity index is 2.15. The van der Waals surface area contributed by atoms with Crippen LogP contribution in [-0.2, 0) is 33.4 Å². The molecule has 3 N–H and O–H groups in total. The van der Waals surface area contributed by atoms with E-state index in [4.69, 9.17) is 9.47 Å². The Labute approximate surface area is 231 Å². The van der Waals surface area contributed by atoms with Crippen LogP contribution in [0.25, 0.3) is 0 Å². The third kappa shape index (κ3) is 16.6. The highest BCUT2D eigenvalue weighted by molar-refractivity contribution is 5.90. The Morgan fingerprint density at radius 1 is 0.872 bits per heavy atom. The number of ether oxygens (including phenoxy) is 2. The molecule has 11 heteroatoms. The molecule has 0 unspecified atom stereocenters. The first kappa shape index (κ1) is 34.1. The lowest BCUT2D eigenvalue weighted by atomic mass is 9.89. The molecule has 2 atom stereocenters. The summed E-state index contributed by atoms with van der Waals surface area (Å²) >= 11 is 0. The molecular formula is C28H46N4O7. The maximum absolute atomic E-state index is 12.5. The van der Waals surface area contributed by atoms with E-state index >= 15 is 0 Å². The van der Waals surface area contributed by atoms with Crippen LogP contribution in [0.3, 0.4) is 0 Å². The maximum Gasteiger partial charge on any atom is 0.245 e. The van der Waals surface area contributed by atoms with Gasteiger partial charge in [-0.1, -0.05) is 20.3 Å². The van der Waals surface area contributed by atoms with Gasteiger partial charge in [0.15, 0.2) is 5.78 Å². The van der Waals surface area contributed by atoms with Gasteiger partial charge >= 0.3 is 0 Å². The van der Waals surface area contributed by atoms with E-state index in [2.05, 4.69) is 20.9 Å². The Bertz CT molecular complexity index is 857. The molecule has 0 saturated heterocycles. The van der Waals surface area contributed by atoms with Crippen LogP contribution in [0.15, 0.2) is 16.8 Å². The molecule has 0 aliphatic carbocycles. The summed E-state index contributed by atoms with van der Waals surface area (Å²) in [4.78, 5) is 64.0. The summed E-state index contributed by atoms with van der Waals surface area (Å²) in [5.74, 6) is -0.620. The Hall–Kier alpha value is -2.92. The van der Waals surface area contributed by atoms with Gasteiger partial charge in [-0.15, -0.1) is 0 Å². The lowest BCUT2D eigenvalue weighted by molar-refractivity contribution is -0.128. The topological polar surface area (TPSA) is 152 Å². The zero-order chi connectivity index (χ0) is 28.9. The van der Waals surface area contributed by atoms with E-state index in [0.29, 0.717) is 64.8 Å². The zero-order valence-electron chi connectivity index (χ0n) is 23.7. The minimum atomic E-state index is -0.602. The van der Waals surface area contributed by atoms with Crippen LogP contribution in [0.4, 0.5) is 0 Å². The highest BCUT2D eigenvalue weighted by Gasteiger charge is 2.21. The minimum absolute atomic E-state index is 0.0227. The number of carbonyl (C=O) groups is 5. The van der Waals surface area contributed by atoms with E-state index in [1.165, 1.54) is 0 Å². The van der Waals surface area contributed by atoms with Crippen molar-refractivity contribution >= 4 is 35.5 Å². The number of rotatable bonds is 23. The second-order valence-corrected chi connectivity index (χ2v) is 9.53. The maximum atomic E-state index is 12.5. The van der Waals surface area contributed by atoms with E-state index in [1.54, 1.807) is 26.3 Å². The molecule has 3 amide bonds. The van der Waals surface area contributed by atoms with Gasteiger partial charge in [-0.3, -0.25) is 29.0 Å². The first-order valence-electron chi connectivity index (χ1n) is 14.0. The number of carbonyl (C=O) groups excluding carboxylic acids is 5. The van der Waals surface area contributed by atoms with Gasteiger partial charge in [0.05, 0.1) is 25.9 Å². The van der Waals surface area contributed by atoms with Gasteiger partial charge in [0, 0.05) is 63.5 Å². The lowest BCUT2D eigenvalue weighted by Crippen LogP contribution is -2.38. The molecule has 11 nitrogen and oxygen atoms in total. The second-order valence-electron chi connectivity index (χ2n) is 9.53. The molecule has 0 aromatic heterocycles. The first-order chi connectivity index (χ1) is 18.8. The smallest absolute Gasteiger partial charge is 0.245 e. The van der Waals surface area contributed by atoms with Crippen molar-refractivity contribution in [3.63, 3.8) is 0 Å². The molecule has 0 radical (unpaired) electrons. The van der Waals surface area contributed by atoms with Crippen molar-refractivity contribution in [3.05, 3.63) is 11.8 Å². The second kappa shape index (κ2) is 21.0. The zero-order valence-corrected chi connectivity index (χ0v) is 23.7. The van der Waals surface area contributed by atoms with Crippen molar-refractivity contribution in [2.75, 3.05) is 39.5 Å². The highest BCUT2D eigenvalue weighted by atomic mass is 16.5. The van der Waals surface area contributed by atoms with Gasteiger partial charge in [-0.2, -0.15) is 0 Å². The molecule has 0 aromatic carbocycles. The first-order valence-corrected chi connectivity index (χ1v) is 14.0. The third-order valence-corrected chi connectivity index (χ3v) is 6.30. The number of hydrogen-bond donors (Lipinski definition) is 3. The quantitative estimate of drug-likeness (QED) is 0.165. The number of Topliss-reactive ketones (excluding diaryl/α,β-unsaturated/α-hetero) is 2. The summed E-state index contributed by atoms with van der Waals surface area (Å²) < 4.78 is 10.6. The number of hydrogen-bond acceptors (Lipinski definition) is 8. The predicted molar refractivity (Wildman–Crippen MR) is 148 cm³/mol. The molecule has 0 fully saturated rings. The van der Waals surface area contributed by atoms with Crippen molar-refractivity contribution in [1.29, 1.82) is 0 Å². The number of ketones is 2. The fourth-order valence-electron chi connectivity index (χ4n) is 3.93. The molecular weight excluding hydrogens is 504 g/mol. The summed E-state index contributed by atoms with van der Waals surface area (Å²) in [5, 5.41) is 8.24. The molecule has 1 heterocycles. The van der Waals surface area contributed by atoms with Crippen LogP contribution in [0.1, 0.15) is 78.6 Å². The summed E-state index contributed by atoms with van der Waals surface area (Å²) in [5.41, 5.74) is 0.918. The predicted octanol–water partition coefficient (Wildman–Crippen LogP) is 2.03. The monoisotopic (exact) mass is 550 g/mol. The Kier molecular flexibility index (Phi) is 18.3. The molecule has 0 bridgehead atoms. The standard InChI is InChI=1S/C28H46N4O7/c1-4-24(33)23(9-10-25(34)21(3)32-27(36)18-22-11-13-29-19-22)8-6-7-12-30-28(37)20-39-17-16-38-15-14-31-26(35)5-2/h13,19,21,23H,4-12,14-18,20H2,1-3H3,(H,30,37)(H,31,35)(H,32,36)/t21-,23+/m0/s1. The largest absolute Gasteiger partial charge is 0.377 e. The van der Waals surface area contributed by atoms with E-state index in [0.717, 1.165) is 12.0 Å². The minimum Gasteiger partial charge on any atom is -0.377 e. The number of unbranched alkanes of at least 4 members (excludes halogenated alkanes) is 1. The van der Waals surface area contributed by atoms with Gasteiger partial charge in [0.25, 0.3) is 0 Å². The Morgan fingerprint density at radius 2 is 1.62 bits per heavy atom. The third-order valence-electron chi connectivity index (χ3n) is 6.30. The van der Waals surface area contributed by atoms with Crippen LogP contribution in [0.5, 0.6) is 0 Å². The average Bonchev–Trinajstić information content (AvgIpc) is 3.43. The molecule has 0 spiro atoms. The van der Waals surface area contributed by atoms with Crippen LogP contribution in [0, 0.1) is 5.92 Å². The van der Waals surface area contributed by atoms with Gasteiger partial charge in [-0.05, 0) is 31.8 Å². The number of nitrogens with zero attached hydrogens (tertiary/aromatic N) is 1. The van der Waals surface area contributed by atoms with Gasteiger partial charge < -0.3 is 25.4 Å². The van der Waals surface area contributed by atoms with Crippen molar-refractivity contribution in [1.82, 2.24) is 16.0 Å². The van der Waals surface area contributed by atoms with Crippen molar-refractivity contribution in [2.24, 2.45) is 10.9 Å². The molecule has 220 valence electrons. The van der Waals surface area contributed by atoms with Gasteiger partial charge in [0.2, 0.25) is 17.7 Å².